The number of hydrogen-bond donors (Lipinski definition) is 2. The van der Waals surface area contributed by atoms with Crippen LogP contribution < -0.4 is 5.73 Å². The minimum atomic E-state index is -4.41. The predicted molar refractivity (Wildman–Crippen MR) is 228 cm³/mol. The van der Waals surface area contributed by atoms with Crippen LogP contribution in [0.1, 0.15) is 129 Å². The van der Waals surface area contributed by atoms with Gasteiger partial charge in [-0.2, -0.15) is 0 Å². The molecule has 1 fully saturated rings. The van der Waals surface area contributed by atoms with Gasteiger partial charge in [0.2, 0.25) is 0 Å². The summed E-state index contributed by atoms with van der Waals surface area (Å²) in [5, 5.41) is 0. The molecule has 0 bridgehead atoms. The van der Waals surface area contributed by atoms with Crippen LogP contribution in [0.4, 0.5) is 0 Å². The quantitative estimate of drug-likeness (QED) is 0.0206. The molecule has 316 valence electrons. The molecule has 0 amide bonds. The second kappa shape index (κ2) is 36.2. The van der Waals surface area contributed by atoms with Crippen molar-refractivity contribution in [2.24, 2.45) is 5.73 Å². The van der Waals surface area contributed by atoms with Crippen LogP contribution in [-0.4, -0.2) is 61.5 Å². The molecule has 11 heteroatoms. The summed E-state index contributed by atoms with van der Waals surface area (Å²) in [6.45, 7) is 3.36. The summed E-state index contributed by atoms with van der Waals surface area (Å²) in [6, 6.07) is 0. The van der Waals surface area contributed by atoms with Crippen molar-refractivity contribution in [3.05, 3.63) is 97.2 Å². The van der Waals surface area contributed by atoms with E-state index in [1.807, 2.05) is 12.2 Å². The Hall–Kier alpha value is -3.11. The number of hydrogen-bond acceptors (Lipinski definition) is 9. The van der Waals surface area contributed by atoms with Gasteiger partial charge in [-0.1, -0.05) is 130 Å². The van der Waals surface area contributed by atoms with E-state index < -0.39 is 32.5 Å². The van der Waals surface area contributed by atoms with Crippen molar-refractivity contribution in [2.75, 3.05) is 26.4 Å². The molecule has 0 aliphatic carbocycles. The molecule has 3 unspecified atom stereocenters. The maximum atomic E-state index is 12.6. The number of carbonyl (C=O) groups is 2. The lowest BCUT2D eigenvalue weighted by Crippen LogP contribution is -2.29. The highest BCUT2D eigenvalue weighted by atomic mass is 31.2. The Morgan fingerprint density at radius 3 is 1.73 bits per heavy atom. The van der Waals surface area contributed by atoms with E-state index >= 15 is 0 Å². The van der Waals surface area contributed by atoms with E-state index in [1.165, 1.54) is 0 Å². The highest BCUT2D eigenvalue weighted by Crippen LogP contribution is 2.43. The zero-order chi connectivity index (χ0) is 40.8. The minimum absolute atomic E-state index is 0.0332. The molecule has 10 nitrogen and oxygen atoms in total. The predicted octanol–water partition coefficient (Wildman–Crippen LogP) is 10.8. The number of epoxide rings is 1. The number of phosphoric ester groups is 1. The number of ether oxygens (including phenoxy) is 3. The Kier molecular flexibility index (Phi) is 33.0. The summed E-state index contributed by atoms with van der Waals surface area (Å²) in [4.78, 5) is 34.8. The number of rotatable bonds is 36. The number of nitrogens with two attached hydrogens (primary N) is 1. The van der Waals surface area contributed by atoms with Gasteiger partial charge in [0.05, 0.1) is 25.4 Å². The first kappa shape index (κ1) is 50.9. The first-order chi connectivity index (χ1) is 27.3. The SMILES string of the molecule is CC/C=C\C/C=C\C/C=C\CCCCCCCC(=O)O[C@H](COC(=O)CC/C=C\C/C=C\C/C=C\C/C=C\CC1OC1C/C=C\CC)COP(=O)(O)OCCN. The number of esters is 2. The fraction of sp³-hybridized carbons (Fsp3) is 0.600. The van der Waals surface area contributed by atoms with Crippen molar-refractivity contribution >= 4 is 19.8 Å². The fourth-order valence-electron chi connectivity index (χ4n) is 5.24. The van der Waals surface area contributed by atoms with Gasteiger partial charge in [-0.15, -0.1) is 0 Å². The Morgan fingerprint density at radius 1 is 0.625 bits per heavy atom. The molecule has 4 atom stereocenters. The number of unbranched alkanes of at least 4 members (excludes halogenated alkanes) is 5. The normalized spacial score (nSPS) is 17.9. The van der Waals surface area contributed by atoms with Gasteiger partial charge in [-0.3, -0.25) is 18.6 Å². The molecule has 0 spiro atoms. The maximum absolute atomic E-state index is 12.6. The smallest absolute Gasteiger partial charge is 0.462 e. The summed E-state index contributed by atoms with van der Waals surface area (Å²) in [7, 11) is -4.41. The van der Waals surface area contributed by atoms with Gasteiger partial charge >= 0.3 is 19.8 Å². The van der Waals surface area contributed by atoms with E-state index in [9.17, 15) is 19.0 Å². The molecule has 1 heterocycles. The summed E-state index contributed by atoms with van der Waals surface area (Å²) in [6.07, 6.45) is 49.2. The topological polar surface area (TPSA) is 147 Å². The molecule has 0 aromatic carbocycles. The first-order valence-electron chi connectivity index (χ1n) is 20.8. The molecular weight excluding hydrogens is 729 g/mol. The van der Waals surface area contributed by atoms with E-state index in [0.717, 1.165) is 89.9 Å². The number of phosphoric acid groups is 1. The third kappa shape index (κ3) is 33.1. The van der Waals surface area contributed by atoms with Crippen molar-refractivity contribution in [2.45, 2.75) is 148 Å². The second-order valence-electron chi connectivity index (χ2n) is 13.5. The van der Waals surface area contributed by atoms with Crippen LogP contribution in [-0.2, 0) is 37.4 Å². The molecule has 1 rings (SSSR count). The van der Waals surface area contributed by atoms with Gasteiger partial charge in [0.25, 0.3) is 0 Å². The van der Waals surface area contributed by atoms with Crippen LogP contribution in [0, 0.1) is 0 Å². The zero-order valence-corrected chi connectivity index (χ0v) is 35.2. The van der Waals surface area contributed by atoms with Crippen LogP contribution in [0.3, 0.4) is 0 Å². The third-order valence-corrected chi connectivity index (χ3v) is 9.37. The van der Waals surface area contributed by atoms with Crippen molar-refractivity contribution in [3.63, 3.8) is 0 Å². The van der Waals surface area contributed by atoms with Crippen LogP contribution in [0.5, 0.6) is 0 Å². The Bertz CT molecular complexity index is 1300. The van der Waals surface area contributed by atoms with E-state index in [0.29, 0.717) is 25.0 Å². The highest BCUT2D eigenvalue weighted by Gasteiger charge is 2.36. The summed E-state index contributed by atoms with van der Waals surface area (Å²) >= 11 is 0. The molecular formula is C45H72NO9P. The van der Waals surface area contributed by atoms with Crippen molar-refractivity contribution in [1.82, 2.24) is 0 Å². The Balaban J connectivity index is 2.26. The van der Waals surface area contributed by atoms with Crippen molar-refractivity contribution in [3.8, 4) is 0 Å². The summed E-state index contributed by atoms with van der Waals surface area (Å²) in [5.74, 6) is -0.963. The van der Waals surface area contributed by atoms with Gasteiger partial charge < -0.3 is 24.8 Å². The molecule has 0 aromatic rings. The van der Waals surface area contributed by atoms with Gasteiger partial charge in [0.1, 0.15) is 6.61 Å². The summed E-state index contributed by atoms with van der Waals surface area (Å²) < 4.78 is 38.3. The second-order valence-corrected chi connectivity index (χ2v) is 14.9. The van der Waals surface area contributed by atoms with Crippen LogP contribution in [0.2, 0.25) is 0 Å². The van der Waals surface area contributed by atoms with E-state index in [2.05, 4.69) is 98.9 Å². The average Bonchev–Trinajstić information content (AvgIpc) is 3.94. The van der Waals surface area contributed by atoms with Crippen LogP contribution >= 0.6 is 7.82 Å². The molecule has 0 aromatic heterocycles. The summed E-state index contributed by atoms with van der Waals surface area (Å²) in [5.41, 5.74) is 5.34. The molecule has 0 radical (unpaired) electrons. The average molecular weight is 802 g/mol. The first-order valence-corrected chi connectivity index (χ1v) is 22.3. The Labute approximate surface area is 338 Å². The minimum Gasteiger partial charge on any atom is -0.462 e. The molecule has 1 aliphatic rings. The molecule has 0 saturated carbocycles. The molecule has 3 N–H and O–H groups in total. The Morgan fingerprint density at radius 2 is 1.12 bits per heavy atom. The largest absolute Gasteiger partial charge is 0.472 e. The third-order valence-electron chi connectivity index (χ3n) is 8.38. The van der Waals surface area contributed by atoms with Gasteiger partial charge in [0, 0.05) is 19.4 Å². The van der Waals surface area contributed by atoms with Gasteiger partial charge in [-0.05, 0) is 83.5 Å². The number of allylic oxidation sites excluding steroid dienone is 14. The van der Waals surface area contributed by atoms with Crippen molar-refractivity contribution in [1.29, 1.82) is 0 Å². The van der Waals surface area contributed by atoms with Crippen LogP contribution in [0.25, 0.3) is 0 Å². The van der Waals surface area contributed by atoms with E-state index in [1.54, 1.807) is 0 Å². The zero-order valence-electron chi connectivity index (χ0n) is 34.3. The van der Waals surface area contributed by atoms with E-state index in [-0.39, 0.29) is 32.6 Å². The van der Waals surface area contributed by atoms with Crippen LogP contribution in [0.15, 0.2) is 97.2 Å². The van der Waals surface area contributed by atoms with Crippen molar-refractivity contribution < 1.29 is 42.3 Å². The molecule has 1 aliphatic heterocycles. The number of carbonyl (C=O) groups excluding carboxylic acids is 2. The highest BCUT2D eigenvalue weighted by molar-refractivity contribution is 7.47. The molecule has 56 heavy (non-hydrogen) atoms. The monoisotopic (exact) mass is 801 g/mol. The standard InChI is InChI=1S/C45H72NO9P/c1-3-5-7-8-9-10-11-12-13-14-19-22-25-28-32-36-45(48)54-41(40-53-56(49,50)52-38-37-46)39-51-44(47)35-31-27-24-21-18-16-15-17-20-23-26-30-34-43-42(55-43)33-29-6-4-2/h5-7,9-10,12-13,16-18,20,24,26-27,29-30,41-43H,3-4,8,11,14-15,19,21-23,25,28,31-40,46H2,1-2H3,(H,49,50)/b7-5-,10-9-,13-12-,18-16-,20-17-,27-24-,29-6-,30-26-/t41-,42?,43?/m1/s1. The lowest BCUT2D eigenvalue weighted by atomic mass is 10.1. The van der Waals surface area contributed by atoms with Gasteiger partial charge in [-0.25, -0.2) is 4.57 Å². The molecule has 1 saturated heterocycles. The lowest BCUT2D eigenvalue weighted by molar-refractivity contribution is -0.161. The maximum Gasteiger partial charge on any atom is 0.472 e. The van der Waals surface area contributed by atoms with Gasteiger partial charge in [0.15, 0.2) is 6.10 Å². The fourth-order valence-corrected chi connectivity index (χ4v) is 6.01. The lowest BCUT2D eigenvalue weighted by Gasteiger charge is -2.19. The van der Waals surface area contributed by atoms with E-state index in [4.69, 9.17) is 29.0 Å².